The number of hydrogen-bond donors (Lipinski definition) is 3. The summed E-state index contributed by atoms with van der Waals surface area (Å²) in [6.45, 7) is 1.51. The smallest absolute Gasteiger partial charge is 0.321 e. The van der Waals surface area contributed by atoms with Gasteiger partial charge in [-0.2, -0.15) is 18.9 Å². The molecule has 4 heterocycles. The third-order valence-corrected chi connectivity index (χ3v) is 6.86. The summed E-state index contributed by atoms with van der Waals surface area (Å²) in [6, 6.07) is 4.12. The van der Waals surface area contributed by atoms with Gasteiger partial charge in [0, 0.05) is 55.3 Å². The van der Waals surface area contributed by atoms with Crippen molar-refractivity contribution in [3.05, 3.63) is 24.0 Å². The van der Waals surface area contributed by atoms with Gasteiger partial charge in [-0.05, 0) is 31.7 Å². The molecule has 8 nitrogen and oxygen atoms in total. The number of fused-ring (bicyclic) bond motifs is 1. The summed E-state index contributed by atoms with van der Waals surface area (Å²) < 4.78 is 26.2. The van der Waals surface area contributed by atoms with Crippen LogP contribution in [0.2, 0.25) is 0 Å². The van der Waals surface area contributed by atoms with Gasteiger partial charge in [0.2, 0.25) is 5.95 Å². The molecule has 0 radical (unpaired) electrons. The number of amides is 1. The van der Waals surface area contributed by atoms with E-state index in [1.54, 1.807) is 12.3 Å². The number of halogens is 2. The third-order valence-electron chi connectivity index (χ3n) is 6.86. The third kappa shape index (κ3) is 3.95. The predicted molar refractivity (Wildman–Crippen MR) is 112 cm³/mol. The van der Waals surface area contributed by atoms with Crippen molar-refractivity contribution >= 4 is 23.5 Å². The number of aromatic nitrogens is 4. The first kappa shape index (κ1) is 20.1. The molecule has 10 heteroatoms. The summed E-state index contributed by atoms with van der Waals surface area (Å²) in [5.74, 6) is -2.02. The Morgan fingerprint density at radius 2 is 2.10 bits per heavy atom. The Hall–Kier alpha value is -2.78. The number of nitrogens with one attached hydrogen (secondary N) is 3. The first-order valence-corrected chi connectivity index (χ1v) is 10.9. The van der Waals surface area contributed by atoms with Crippen LogP contribution < -0.4 is 15.5 Å². The lowest BCUT2D eigenvalue weighted by Gasteiger charge is -2.37. The van der Waals surface area contributed by atoms with E-state index >= 15 is 0 Å². The molecule has 3 N–H and O–H groups in total. The zero-order valence-electron chi connectivity index (χ0n) is 17.5. The molecule has 1 amide bonds. The van der Waals surface area contributed by atoms with Gasteiger partial charge in [-0.1, -0.05) is 12.8 Å². The molecule has 2 aromatic heterocycles. The Balaban J connectivity index is 1.22. The van der Waals surface area contributed by atoms with Gasteiger partial charge in [0.1, 0.15) is 5.82 Å². The van der Waals surface area contributed by atoms with E-state index in [4.69, 9.17) is 0 Å². The largest absolute Gasteiger partial charge is 0.350 e. The first-order valence-electron chi connectivity index (χ1n) is 10.9. The Morgan fingerprint density at radius 1 is 1.32 bits per heavy atom. The Bertz CT molecular complexity index is 961. The van der Waals surface area contributed by atoms with Gasteiger partial charge in [0.05, 0.1) is 0 Å². The van der Waals surface area contributed by atoms with E-state index < -0.39 is 11.8 Å². The van der Waals surface area contributed by atoms with Crippen LogP contribution in [0.1, 0.15) is 57.1 Å². The van der Waals surface area contributed by atoms with E-state index in [2.05, 4.69) is 35.7 Å². The predicted octanol–water partition coefficient (Wildman–Crippen LogP) is 3.34. The average molecular weight is 431 g/mol. The second-order valence-electron chi connectivity index (χ2n) is 9.32. The summed E-state index contributed by atoms with van der Waals surface area (Å²) in [7, 11) is 0. The van der Waals surface area contributed by atoms with Gasteiger partial charge in [-0.3, -0.25) is 9.89 Å². The van der Waals surface area contributed by atoms with Crippen molar-refractivity contribution in [2.24, 2.45) is 5.41 Å². The van der Waals surface area contributed by atoms with Crippen molar-refractivity contribution in [3.63, 3.8) is 0 Å². The van der Waals surface area contributed by atoms with Crippen LogP contribution in [0.25, 0.3) is 0 Å². The van der Waals surface area contributed by atoms with E-state index in [9.17, 15) is 13.6 Å². The highest BCUT2D eigenvalue weighted by Crippen LogP contribution is 2.52. The van der Waals surface area contributed by atoms with Gasteiger partial charge in [-0.15, -0.1) is 0 Å². The number of anilines is 3. The van der Waals surface area contributed by atoms with Crippen molar-refractivity contribution in [2.75, 3.05) is 23.3 Å². The standard InChI is InChI=1S/C21H27F2N7O/c1-20(22,23)18(31)25-11-21-9-14(10-21)30(12-21)19-24-7-6-16(27-19)26-17-8-15(28-29-17)13-4-2-3-5-13/h6-8,13-14H,2-5,9-12H2,1H3,(H,25,31)(H2,24,26,27,28,29). The maximum Gasteiger partial charge on any atom is 0.321 e. The lowest BCUT2D eigenvalue weighted by atomic mass is 9.70. The lowest BCUT2D eigenvalue weighted by Crippen LogP contribution is -2.47. The minimum Gasteiger partial charge on any atom is -0.350 e. The van der Waals surface area contributed by atoms with Crippen LogP contribution in [-0.2, 0) is 4.79 Å². The molecule has 2 aliphatic heterocycles. The molecule has 31 heavy (non-hydrogen) atoms. The summed E-state index contributed by atoms with van der Waals surface area (Å²) in [6.07, 6.45) is 8.33. The van der Waals surface area contributed by atoms with Crippen molar-refractivity contribution in [1.29, 1.82) is 0 Å². The second-order valence-corrected chi connectivity index (χ2v) is 9.32. The van der Waals surface area contributed by atoms with Gasteiger partial charge >= 0.3 is 5.92 Å². The number of alkyl halides is 2. The van der Waals surface area contributed by atoms with Crippen molar-refractivity contribution in [2.45, 2.75) is 63.3 Å². The highest BCUT2D eigenvalue weighted by molar-refractivity contribution is 5.82. The molecule has 2 bridgehead atoms. The van der Waals surface area contributed by atoms with E-state index in [-0.39, 0.29) is 18.0 Å². The number of carbonyl (C=O) groups excluding carboxylic acids is 1. The number of nitrogens with zero attached hydrogens (tertiary/aromatic N) is 4. The van der Waals surface area contributed by atoms with Crippen LogP contribution in [-0.4, -0.2) is 51.1 Å². The van der Waals surface area contributed by atoms with Crippen molar-refractivity contribution in [1.82, 2.24) is 25.5 Å². The molecular formula is C21H27F2N7O. The normalized spacial score (nSPS) is 25.5. The fourth-order valence-corrected chi connectivity index (χ4v) is 5.17. The van der Waals surface area contributed by atoms with Crippen molar-refractivity contribution < 1.29 is 13.6 Å². The van der Waals surface area contributed by atoms with Crippen molar-refractivity contribution in [3.8, 4) is 0 Å². The molecular weight excluding hydrogens is 404 g/mol. The summed E-state index contributed by atoms with van der Waals surface area (Å²) in [4.78, 5) is 22.7. The molecule has 0 aromatic carbocycles. The molecule has 4 fully saturated rings. The molecule has 2 aromatic rings. The summed E-state index contributed by atoms with van der Waals surface area (Å²) in [5.41, 5.74) is 0.979. The van der Waals surface area contributed by atoms with E-state index in [0.29, 0.717) is 31.2 Å². The number of rotatable bonds is 7. The number of carbonyl (C=O) groups is 1. The quantitative estimate of drug-likeness (QED) is 0.622. The number of hydrogen-bond acceptors (Lipinski definition) is 6. The average Bonchev–Trinajstić information content (AvgIpc) is 3.47. The highest BCUT2D eigenvalue weighted by atomic mass is 19.3. The van der Waals surface area contributed by atoms with Crippen LogP contribution >= 0.6 is 0 Å². The van der Waals surface area contributed by atoms with E-state index in [1.807, 2.05) is 6.07 Å². The molecule has 166 valence electrons. The monoisotopic (exact) mass is 431 g/mol. The summed E-state index contributed by atoms with van der Waals surface area (Å²) >= 11 is 0. The highest BCUT2D eigenvalue weighted by Gasteiger charge is 2.56. The van der Waals surface area contributed by atoms with Crippen LogP contribution in [0.15, 0.2) is 18.3 Å². The zero-order chi connectivity index (χ0) is 21.6. The maximum atomic E-state index is 13.1. The van der Waals surface area contributed by atoms with E-state index in [0.717, 1.165) is 24.4 Å². The molecule has 0 spiro atoms. The van der Waals surface area contributed by atoms with Crippen LogP contribution in [0.4, 0.5) is 26.4 Å². The molecule has 2 saturated carbocycles. The first-order chi connectivity index (χ1) is 14.8. The minimum absolute atomic E-state index is 0.184. The number of H-pyrrole nitrogens is 1. The van der Waals surface area contributed by atoms with Crippen LogP contribution in [0.5, 0.6) is 0 Å². The van der Waals surface area contributed by atoms with Crippen LogP contribution in [0, 0.1) is 5.41 Å². The maximum absolute atomic E-state index is 13.1. The Morgan fingerprint density at radius 3 is 2.84 bits per heavy atom. The Labute approximate surface area is 179 Å². The van der Waals surface area contributed by atoms with Gasteiger partial charge in [-0.25, -0.2) is 4.98 Å². The molecule has 4 aliphatic rings. The SMILES string of the molecule is CC(F)(F)C(=O)NCC12CC(C1)N(c1nccc(Nc3cc(C4CCCC4)[nH]n3)n1)C2. The second kappa shape index (κ2) is 7.42. The number of aromatic amines is 1. The molecule has 2 aliphatic carbocycles. The minimum atomic E-state index is -3.36. The van der Waals surface area contributed by atoms with Gasteiger partial charge in [0.15, 0.2) is 5.82 Å². The molecule has 2 saturated heterocycles. The zero-order valence-corrected chi connectivity index (χ0v) is 17.5. The molecule has 6 rings (SSSR count). The fourth-order valence-electron chi connectivity index (χ4n) is 5.17. The molecule has 0 atom stereocenters. The molecule has 0 unspecified atom stereocenters. The lowest BCUT2D eigenvalue weighted by molar-refractivity contribution is -0.143. The topological polar surface area (TPSA) is 98.8 Å². The summed E-state index contributed by atoms with van der Waals surface area (Å²) in [5, 5.41) is 13.2. The fraction of sp³-hybridized carbons (Fsp3) is 0.619. The van der Waals surface area contributed by atoms with E-state index in [1.165, 1.54) is 25.7 Å². The van der Waals surface area contributed by atoms with Gasteiger partial charge < -0.3 is 15.5 Å². The Kier molecular flexibility index (Phi) is 4.82. The van der Waals surface area contributed by atoms with Gasteiger partial charge in [0.25, 0.3) is 5.91 Å². The van der Waals surface area contributed by atoms with Crippen LogP contribution in [0.3, 0.4) is 0 Å².